The van der Waals surface area contributed by atoms with E-state index in [9.17, 15) is 0 Å². The van der Waals surface area contributed by atoms with Gasteiger partial charge in [0.05, 0.1) is 11.1 Å². The van der Waals surface area contributed by atoms with Gasteiger partial charge >= 0.3 is 0 Å². The monoisotopic (exact) mass is 244 g/mol. The molecule has 1 aliphatic heterocycles. The van der Waals surface area contributed by atoms with Crippen LogP contribution in [0.1, 0.15) is 0 Å². The standard InChI is InChI=1S/C9H9BrO3/c10-7-2-1-3-8-9(7)12-5-6(4-11)13-8/h1-3,6,11H,4-5H2/t6-/m1/s1. The van der Waals surface area contributed by atoms with E-state index in [4.69, 9.17) is 14.6 Å². The molecule has 13 heavy (non-hydrogen) atoms. The van der Waals surface area contributed by atoms with Crippen molar-refractivity contribution < 1.29 is 14.6 Å². The molecular weight excluding hydrogens is 236 g/mol. The molecule has 1 N–H and O–H groups in total. The Bertz CT molecular complexity index is 314. The third-order valence-electron chi connectivity index (χ3n) is 1.84. The van der Waals surface area contributed by atoms with Gasteiger partial charge in [0.25, 0.3) is 0 Å². The first-order valence-corrected chi connectivity index (χ1v) is 4.79. The Morgan fingerprint density at radius 1 is 1.54 bits per heavy atom. The van der Waals surface area contributed by atoms with Gasteiger partial charge in [-0.3, -0.25) is 0 Å². The van der Waals surface area contributed by atoms with Crippen LogP contribution in [0.4, 0.5) is 0 Å². The van der Waals surface area contributed by atoms with Crippen molar-refractivity contribution in [3.63, 3.8) is 0 Å². The lowest BCUT2D eigenvalue weighted by atomic mass is 10.3. The van der Waals surface area contributed by atoms with Gasteiger partial charge in [-0.2, -0.15) is 0 Å². The average Bonchev–Trinajstić information content (AvgIpc) is 2.18. The molecule has 0 fully saturated rings. The Hall–Kier alpha value is -0.740. The summed E-state index contributed by atoms with van der Waals surface area (Å²) in [6, 6.07) is 5.58. The zero-order valence-electron chi connectivity index (χ0n) is 6.87. The van der Waals surface area contributed by atoms with Crippen molar-refractivity contribution in [2.75, 3.05) is 13.2 Å². The van der Waals surface area contributed by atoms with Gasteiger partial charge in [-0.25, -0.2) is 0 Å². The SMILES string of the molecule is OC[C@@H]1COc2c(Br)cccc2O1. The third kappa shape index (κ3) is 1.64. The predicted octanol–water partition coefficient (Wildman–Crippen LogP) is 1.58. The van der Waals surface area contributed by atoms with Gasteiger partial charge in [0.1, 0.15) is 6.61 Å². The first-order chi connectivity index (χ1) is 6.31. The number of ether oxygens (including phenoxy) is 2. The summed E-state index contributed by atoms with van der Waals surface area (Å²) in [6.45, 7) is 0.373. The topological polar surface area (TPSA) is 38.7 Å². The molecule has 1 aliphatic rings. The van der Waals surface area contributed by atoms with Crippen molar-refractivity contribution in [1.82, 2.24) is 0 Å². The molecule has 0 saturated heterocycles. The molecule has 0 bridgehead atoms. The Kier molecular flexibility index (Phi) is 2.42. The van der Waals surface area contributed by atoms with Crippen LogP contribution in [0.3, 0.4) is 0 Å². The van der Waals surface area contributed by atoms with Crippen LogP contribution in [0.15, 0.2) is 22.7 Å². The van der Waals surface area contributed by atoms with Crippen LogP contribution in [0.2, 0.25) is 0 Å². The van der Waals surface area contributed by atoms with E-state index in [1.807, 2.05) is 18.2 Å². The summed E-state index contributed by atoms with van der Waals surface area (Å²) < 4.78 is 11.8. The molecule has 1 atom stereocenters. The molecule has 0 saturated carbocycles. The van der Waals surface area contributed by atoms with Crippen LogP contribution < -0.4 is 9.47 Å². The van der Waals surface area contributed by atoms with Crippen LogP contribution >= 0.6 is 15.9 Å². The lowest BCUT2D eigenvalue weighted by molar-refractivity contribution is 0.0451. The lowest BCUT2D eigenvalue weighted by Gasteiger charge is -2.25. The van der Waals surface area contributed by atoms with Crippen molar-refractivity contribution in [1.29, 1.82) is 0 Å². The summed E-state index contributed by atoms with van der Waals surface area (Å²) in [5, 5.41) is 8.87. The molecule has 0 unspecified atom stereocenters. The summed E-state index contributed by atoms with van der Waals surface area (Å²) in [7, 11) is 0. The first-order valence-electron chi connectivity index (χ1n) is 4.00. The minimum atomic E-state index is -0.248. The summed E-state index contributed by atoms with van der Waals surface area (Å²) in [4.78, 5) is 0. The average molecular weight is 245 g/mol. The van der Waals surface area contributed by atoms with E-state index in [0.717, 1.165) is 4.47 Å². The fourth-order valence-electron chi connectivity index (χ4n) is 1.20. The molecule has 0 amide bonds. The lowest BCUT2D eigenvalue weighted by Crippen LogP contribution is -2.32. The summed E-state index contributed by atoms with van der Waals surface area (Å²) >= 11 is 3.36. The minimum absolute atomic E-state index is 0.0219. The normalized spacial score (nSPS) is 20.0. The fraction of sp³-hybridized carbons (Fsp3) is 0.333. The largest absolute Gasteiger partial charge is 0.485 e. The zero-order chi connectivity index (χ0) is 9.26. The Morgan fingerprint density at radius 3 is 3.15 bits per heavy atom. The number of hydrogen-bond donors (Lipinski definition) is 1. The van der Waals surface area contributed by atoms with Gasteiger partial charge in [0.2, 0.25) is 0 Å². The molecule has 1 aromatic rings. The number of rotatable bonds is 1. The smallest absolute Gasteiger partial charge is 0.175 e. The quantitative estimate of drug-likeness (QED) is 0.816. The minimum Gasteiger partial charge on any atom is -0.485 e. The van der Waals surface area contributed by atoms with E-state index in [-0.39, 0.29) is 12.7 Å². The van der Waals surface area contributed by atoms with Crippen molar-refractivity contribution >= 4 is 15.9 Å². The number of aliphatic hydroxyl groups is 1. The molecule has 0 radical (unpaired) electrons. The highest BCUT2D eigenvalue weighted by molar-refractivity contribution is 9.10. The van der Waals surface area contributed by atoms with Gasteiger partial charge in [0.15, 0.2) is 17.6 Å². The van der Waals surface area contributed by atoms with Crippen molar-refractivity contribution in [2.45, 2.75) is 6.10 Å². The summed E-state index contributed by atoms with van der Waals surface area (Å²) in [5.74, 6) is 1.40. The third-order valence-corrected chi connectivity index (χ3v) is 2.47. The van der Waals surface area contributed by atoms with E-state index in [0.29, 0.717) is 18.1 Å². The number of halogens is 1. The molecule has 70 valence electrons. The highest BCUT2D eigenvalue weighted by Crippen LogP contribution is 2.37. The van der Waals surface area contributed by atoms with E-state index in [2.05, 4.69) is 15.9 Å². The van der Waals surface area contributed by atoms with Crippen molar-refractivity contribution in [3.8, 4) is 11.5 Å². The summed E-state index contributed by atoms with van der Waals surface area (Å²) in [5.41, 5.74) is 0. The molecule has 0 spiro atoms. The highest BCUT2D eigenvalue weighted by Gasteiger charge is 2.21. The van der Waals surface area contributed by atoms with Crippen LogP contribution in [-0.4, -0.2) is 24.4 Å². The van der Waals surface area contributed by atoms with Gasteiger partial charge in [-0.1, -0.05) is 6.07 Å². The molecule has 0 aliphatic carbocycles. The Balaban J connectivity index is 2.31. The number of fused-ring (bicyclic) bond motifs is 1. The number of hydrogen-bond acceptors (Lipinski definition) is 3. The molecule has 3 nitrogen and oxygen atoms in total. The molecule has 1 aromatic carbocycles. The second kappa shape index (κ2) is 3.55. The molecular formula is C9H9BrO3. The second-order valence-electron chi connectivity index (χ2n) is 2.80. The second-order valence-corrected chi connectivity index (χ2v) is 3.65. The van der Waals surface area contributed by atoms with E-state index in [1.165, 1.54) is 0 Å². The van der Waals surface area contributed by atoms with E-state index < -0.39 is 0 Å². The number of benzene rings is 1. The first kappa shape index (κ1) is 8.84. The van der Waals surface area contributed by atoms with Crippen LogP contribution in [0, 0.1) is 0 Å². The number of aliphatic hydroxyl groups excluding tert-OH is 1. The molecule has 1 heterocycles. The Morgan fingerprint density at radius 2 is 2.38 bits per heavy atom. The predicted molar refractivity (Wildman–Crippen MR) is 51.1 cm³/mol. The van der Waals surface area contributed by atoms with E-state index in [1.54, 1.807) is 0 Å². The maximum Gasteiger partial charge on any atom is 0.175 e. The molecule has 0 aromatic heterocycles. The van der Waals surface area contributed by atoms with Crippen LogP contribution in [0.25, 0.3) is 0 Å². The summed E-state index contributed by atoms with van der Waals surface area (Å²) in [6.07, 6.45) is -0.248. The fourth-order valence-corrected chi connectivity index (χ4v) is 1.66. The maximum atomic E-state index is 8.87. The maximum absolute atomic E-state index is 8.87. The van der Waals surface area contributed by atoms with Gasteiger partial charge < -0.3 is 14.6 Å². The van der Waals surface area contributed by atoms with Gasteiger partial charge in [0, 0.05) is 0 Å². The molecule has 4 heteroatoms. The molecule has 2 rings (SSSR count). The van der Waals surface area contributed by atoms with Crippen LogP contribution in [0.5, 0.6) is 11.5 Å². The van der Waals surface area contributed by atoms with Crippen molar-refractivity contribution in [2.24, 2.45) is 0 Å². The van der Waals surface area contributed by atoms with Gasteiger partial charge in [-0.05, 0) is 28.1 Å². The van der Waals surface area contributed by atoms with Crippen LogP contribution in [-0.2, 0) is 0 Å². The van der Waals surface area contributed by atoms with Gasteiger partial charge in [-0.15, -0.1) is 0 Å². The number of para-hydroxylation sites is 1. The van der Waals surface area contributed by atoms with Crippen molar-refractivity contribution in [3.05, 3.63) is 22.7 Å². The van der Waals surface area contributed by atoms with E-state index >= 15 is 0 Å². The highest BCUT2D eigenvalue weighted by atomic mass is 79.9. The Labute approximate surface area is 84.4 Å². The zero-order valence-corrected chi connectivity index (χ0v) is 8.45.